The molecule has 8 atom stereocenters. The summed E-state index contributed by atoms with van der Waals surface area (Å²) in [4.78, 5) is 0. The van der Waals surface area contributed by atoms with Gasteiger partial charge in [-0.2, -0.15) is 0 Å². The van der Waals surface area contributed by atoms with E-state index in [-0.39, 0.29) is 0 Å². The van der Waals surface area contributed by atoms with Crippen molar-refractivity contribution in [1.82, 2.24) is 0 Å². The van der Waals surface area contributed by atoms with Crippen LogP contribution in [0.15, 0.2) is 47.6 Å². The summed E-state index contributed by atoms with van der Waals surface area (Å²) in [5.41, 5.74) is 4.87. The highest BCUT2D eigenvalue weighted by Crippen LogP contribution is 2.59. The van der Waals surface area contributed by atoms with Crippen LogP contribution in [-0.2, 0) is 0 Å². The van der Waals surface area contributed by atoms with Crippen molar-refractivity contribution in [3.05, 3.63) is 47.6 Å². The Hall–Kier alpha value is -1.04. The van der Waals surface area contributed by atoms with Crippen LogP contribution in [-0.4, -0.2) is 0 Å². The number of rotatable bonds is 5. The largest absolute Gasteiger partial charge is 0.0999 e. The summed E-state index contributed by atoms with van der Waals surface area (Å²) in [7, 11) is 0. The number of hydrogen-bond donors (Lipinski definition) is 0. The Morgan fingerprint density at radius 3 is 2.42 bits per heavy atom. The van der Waals surface area contributed by atoms with Gasteiger partial charge in [-0.1, -0.05) is 60.9 Å². The van der Waals surface area contributed by atoms with Gasteiger partial charge >= 0.3 is 0 Å². The van der Waals surface area contributed by atoms with E-state index in [0.29, 0.717) is 5.92 Å². The van der Waals surface area contributed by atoms with E-state index in [1.807, 2.05) is 0 Å². The van der Waals surface area contributed by atoms with E-state index in [9.17, 15) is 0 Å². The van der Waals surface area contributed by atoms with Crippen molar-refractivity contribution in [2.75, 3.05) is 0 Å². The summed E-state index contributed by atoms with van der Waals surface area (Å²) in [6.45, 7) is 13.5. The van der Waals surface area contributed by atoms with Gasteiger partial charge in [0.15, 0.2) is 0 Å². The van der Waals surface area contributed by atoms with Crippen molar-refractivity contribution in [2.24, 2.45) is 47.3 Å². The summed E-state index contributed by atoms with van der Waals surface area (Å²) >= 11 is 0. The molecule has 0 bridgehead atoms. The SMILES string of the molecule is C=C1CC[C@H]2[C@@H](CC[C@@H]3[C@@H]2CCC2C(/C(=C/C)CC(C)/C(C)=C\C=C/C)CCC[C@H]23)C1. The van der Waals surface area contributed by atoms with Gasteiger partial charge in [0.1, 0.15) is 0 Å². The minimum Gasteiger partial charge on any atom is -0.0999 e. The standard InChI is InChI=1S/C31H48/c1-6-8-10-22(4)23(5)20-24(7-2)26-11-9-12-28-29(26)17-18-30-27-15-13-21(3)19-25(27)14-16-31(28)30/h6-8,10,23,25-31H,3,9,11-20H2,1-2,4-5H3/b8-6-,22-10-,24-7+/t23?,25-,26?,27-,28+,29?,30+,31-/m0/s1. The molecule has 0 aromatic carbocycles. The summed E-state index contributed by atoms with van der Waals surface area (Å²) in [5, 5.41) is 0. The topological polar surface area (TPSA) is 0 Å². The molecule has 0 aromatic heterocycles. The fourth-order valence-electron chi connectivity index (χ4n) is 8.51. The maximum absolute atomic E-state index is 4.35. The summed E-state index contributed by atoms with van der Waals surface area (Å²) in [6, 6.07) is 0. The van der Waals surface area contributed by atoms with Gasteiger partial charge in [0.25, 0.3) is 0 Å². The van der Waals surface area contributed by atoms with E-state index in [2.05, 4.69) is 58.6 Å². The predicted octanol–water partition coefficient (Wildman–Crippen LogP) is 9.31. The van der Waals surface area contributed by atoms with Crippen LogP contribution in [0.4, 0.5) is 0 Å². The minimum absolute atomic E-state index is 0.657. The Labute approximate surface area is 193 Å². The lowest BCUT2D eigenvalue weighted by molar-refractivity contribution is -0.0482. The average Bonchev–Trinajstić information content (AvgIpc) is 2.79. The molecule has 4 aliphatic rings. The maximum atomic E-state index is 4.35. The molecule has 4 fully saturated rings. The molecule has 0 spiro atoms. The van der Waals surface area contributed by atoms with Gasteiger partial charge in [0.2, 0.25) is 0 Å². The zero-order chi connectivity index (χ0) is 22.0. The highest BCUT2D eigenvalue weighted by molar-refractivity contribution is 5.18. The van der Waals surface area contributed by atoms with Gasteiger partial charge in [0, 0.05) is 0 Å². The van der Waals surface area contributed by atoms with Crippen molar-refractivity contribution in [2.45, 2.75) is 98.3 Å². The third kappa shape index (κ3) is 4.84. The van der Waals surface area contributed by atoms with Crippen LogP contribution in [0.5, 0.6) is 0 Å². The molecule has 172 valence electrons. The summed E-state index contributed by atoms with van der Waals surface area (Å²) < 4.78 is 0. The van der Waals surface area contributed by atoms with Gasteiger partial charge < -0.3 is 0 Å². The fourth-order valence-corrected chi connectivity index (χ4v) is 8.51. The first-order valence-electron chi connectivity index (χ1n) is 13.6. The smallest absolute Gasteiger partial charge is 0.0172 e. The lowest BCUT2D eigenvalue weighted by atomic mass is 9.49. The first-order chi connectivity index (χ1) is 15.0. The molecule has 0 aliphatic heterocycles. The second kappa shape index (κ2) is 10.3. The number of hydrogen-bond acceptors (Lipinski definition) is 0. The van der Waals surface area contributed by atoms with Crippen LogP contribution in [0, 0.1) is 47.3 Å². The normalized spacial score (nSPS) is 40.3. The fraction of sp³-hybridized carbons (Fsp3) is 0.742. The van der Waals surface area contributed by atoms with E-state index in [0.717, 1.165) is 41.4 Å². The van der Waals surface area contributed by atoms with Crippen LogP contribution in [0.1, 0.15) is 98.3 Å². The first-order valence-corrected chi connectivity index (χ1v) is 13.6. The number of fused-ring (bicyclic) bond motifs is 5. The monoisotopic (exact) mass is 420 g/mol. The van der Waals surface area contributed by atoms with E-state index in [4.69, 9.17) is 0 Å². The maximum Gasteiger partial charge on any atom is -0.0172 e. The molecule has 31 heavy (non-hydrogen) atoms. The molecule has 0 saturated heterocycles. The van der Waals surface area contributed by atoms with Crippen molar-refractivity contribution in [1.29, 1.82) is 0 Å². The third-order valence-electron chi connectivity index (χ3n) is 10.2. The van der Waals surface area contributed by atoms with Crippen LogP contribution >= 0.6 is 0 Å². The molecular weight excluding hydrogens is 372 g/mol. The van der Waals surface area contributed by atoms with Crippen LogP contribution in [0.3, 0.4) is 0 Å². The lowest BCUT2D eigenvalue weighted by Gasteiger charge is -2.56. The second-order valence-corrected chi connectivity index (χ2v) is 11.7. The van der Waals surface area contributed by atoms with Crippen LogP contribution in [0.25, 0.3) is 0 Å². The highest BCUT2D eigenvalue weighted by atomic mass is 14.5. The molecule has 4 saturated carbocycles. The van der Waals surface area contributed by atoms with Gasteiger partial charge in [-0.15, -0.1) is 0 Å². The molecule has 0 aromatic rings. The van der Waals surface area contributed by atoms with Crippen molar-refractivity contribution in [3.8, 4) is 0 Å². The van der Waals surface area contributed by atoms with E-state index < -0.39 is 0 Å². The summed E-state index contributed by atoms with van der Waals surface area (Å²) in [5.74, 6) is 7.63. The number of allylic oxidation sites excluding steroid dienone is 7. The minimum atomic E-state index is 0.657. The quantitative estimate of drug-likeness (QED) is 0.307. The van der Waals surface area contributed by atoms with Gasteiger partial charge in [-0.05, 0) is 132 Å². The Kier molecular flexibility index (Phi) is 7.66. The zero-order valence-electron chi connectivity index (χ0n) is 20.9. The average molecular weight is 421 g/mol. The highest BCUT2D eigenvalue weighted by Gasteiger charge is 2.50. The molecule has 3 unspecified atom stereocenters. The molecule has 4 aliphatic carbocycles. The van der Waals surface area contributed by atoms with Crippen molar-refractivity contribution >= 4 is 0 Å². The molecule has 0 nitrogen and oxygen atoms in total. The van der Waals surface area contributed by atoms with Crippen molar-refractivity contribution in [3.63, 3.8) is 0 Å². The van der Waals surface area contributed by atoms with Crippen molar-refractivity contribution < 1.29 is 0 Å². The molecule has 0 radical (unpaired) electrons. The Morgan fingerprint density at radius 2 is 1.65 bits per heavy atom. The van der Waals surface area contributed by atoms with Gasteiger partial charge in [-0.25, -0.2) is 0 Å². The van der Waals surface area contributed by atoms with Crippen LogP contribution in [0.2, 0.25) is 0 Å². The summed E-state index contributed by atoms with van der Waals surface area (Å²) in [6.07, 6.45) is 25.1. The predicted molar refractivity (Wildman–Crippen MR) is 136 cm³/mol. The Balaban J connectivity index is 1.46. The lowest BCUT2D eigenvalue weighted by Crippen LogP contribution is -2.47. The van der Waals surface area contributed by atoms with E-state index >= 15 is 0 Å². The van der Waals surface area contributed by atoms with E-state index in [1.165, 1.54) is 76.2 Å². The Morgan fingerprint density at radius 1 is 0.935 bits per heavy atom. The molecule has 4 rings (SSSR count). The molecule has 0 heterocycles. The first kappa shape index (κ1) is 23.1. The van der Waals surface area contributed by atoms with Crippen LogP contribution < -0.4 is 0 Å². The van der Waals surface area contributed by atoms with Gasteiger partial charge in [-0.3, -0.25) is 0 Å². The molecule has 0 N–H and O–H groups in total. The zero-order valence-corrected chi connectivity index (χ0v) is 20.9. The van der Waals surface area contributed by atoms with Gasteiger partial charge in [0.05, 0.1) is 0 Å². The third-order valence-corrected chi connectivity index (χ3v) is 10.2. The molecule has 0 heteroatoms. The second-order valence-electron chi connectivity index (χ2n) is 11.7. The molecule has 0 amide bonds. The van der Waals surface area contributed by atoms with E-state index in [1.54, 1.807) is 11.1 Å². The Bertz CT molecular complexity index is 718. The molecular formula is C31H48.